The lowest BCUT2D eigenvalue weighted by atomic mass is 9.74. The fourth-order valence-corrected chi connectivity index (χ4v) is 4.21. The highest BCUT2D eigenvalue weighted by Gasteiger charge is 2.36. The van der Waals surface area contributed by atoms with Crippen molar-refractivity contribution in [3.8, 4) is 0 Å². The van der Waals surface area contributed by atoms with Crippen molar-refractivity contribution in [3.05, 3.63) is 23.2 Å². The van der Waals surface area contributed by atoms with Gasteiger partial charge in [-0.15, -0.1) is 0 Å². The van der Waals surface area contributed by atoms with Crippen LogP contribution >= 0.6 is 0 Å². The van der Waals surface area contributed by atoms with Crippen molar-refractivity contribution in [2.45, 2.75) is 78.3 Å². The highest BCUT2D eigenvalue weighted by Crippen LogP contribution is 2.43. The van der Waals surface area contributed by atoms with Crippen LogP contribution in [0.15, 0.2) is 10.5 Å². The molecule has 2 aliphatic rings. The van der Waals surface area contributed by atoms with Gasteiger partial charge in [0.05, 0.1) is 0 Å². The van der Waals surface area contributed by atoms with Crippen LogP contribution in [0.3, 0.4) is 0 Å². The van der Waals surface area contributed by atoms with E-state index in [4.69, 9.17) is 4.42 Å². The van der Waals surface area contributed by atoms with E-state index >= 15 is 0 Å². The van der Waals surface area contributed by atoms with Gasteiger partial charge in [0.25, 0.3) is 0 Å². The van der Waals surface area contributed by atoms with Gasteiger partial charge >= 0.3 is 0 Å². The minimum absolute atomic E-state index is 0.345. The number of hydrogen-bond acceptors (Lipinski definition) is 2. The van der Waals surface area contributed by atoms with Crippen molar-refractivity contribution in [3.63, 3.8) is 0 Å². The summed E-state index contributed by atoms with van der Waals surface area (Å²) in [6, 6.07) is 3.46. The molecule has 0 aliphatic heterocycles. The first kappa shape index (κ1) is 14.2. The van der Waals surface area contributed by atoms with Crippen molar-refractivity contribution in [1.29, 1.82) is 0 Å². The van der Waals surface area contributed by atoms with Crippen LogP contribution in [0.1, 0.15) is 76.0 Å². The predicted octanol–water partition coefficient (Wildman–Crippen LogP) is 4.77. The molecule has 0 bridgehead atoms. The minimum atomic E-state index is 0.345. The van der Waals surface area contributed by atoms with Crippen molar-refractivity contribution < 1.29 is 4.42 Å². The summed E-state index contributed by atoms with van der Waals surface area (Å²) in [6.07, 6.45) is 7.76. The van der Waals surface area contributed by atoms with E-state index in [2.05, 4.69) is 39.1 Å². The van der Waals surface area contributed by atoms with Crippen LogP contribution in [0, 0.1) is 18.3 Å². The van der Waals surface area contributed by atoms with Crippen molar-refractivity contribution >= 4 is 0 Å². The van der Waals surface area contributed by atoms with Gasteiger partial charge in [-0.25, -0.2) is 0 Å². The smallest absolute Gasteiger partial charge is 0.109 e. The molecule has 20 heavy (non-hydrogen) atoms. The summed E-state index contributed by atoms with van der Waals surface area (Å²) >= 11 is 0. The average molecular weight is 275 g/mol. The maximum atomic E-state index is 5.94. The Bertz CT molecular complexity index is 474. The van der Waals surface area contributed by atoms with Gasteiger partial charge in [0.15, 0.2) is 0 Å². The Labute approximate surface area is 123 Å². The second-order valence-corrected chi connectivity index (χ2v) is 7.78. The number of fused-ring (bicyclic) bond motifs is 1. The van der Waals surface area contributed by atoms with Crippen molar-refractivity contribution in [1.82, 2.24) is 5.32 Å². The van der Waals surface area contributed by atoms with E-state index in [1.54, 1.807) is 0 Å². The Morgan fingerprint density at radius 2 is 2.15 bits per heavy atom. The van der Waals surface area contributed by atoms with E-state index in [0.29, 0.717) is 17.5 Å². The first-order valence-electron chi connectivity index (χ1n) is 8.32. The third-order valence-electron chi connectivity index (χ3n) is 5.29. The molecule has 0 amide bonds. The van der Waals surface area contributed by atoms with Crippen LogP contribution in [-0.4, -0.2) is 6.04 Å². The van der Waals surface area contributed by atoms with Gasteiger partial charge in [0.1, 0.15) is 11.5 Å². The molecule has 3 rings (SSSR count). The number of hydrogen-bond donors (Lipinski definition) is 1. The molecule has 0 spiro atoms. The van der Waals surface area contributed by atoms with Gasteiger partial charge in [-0.05, 0) is 50.0 Å². The number of aryl methyl sites for hydroxylation is 1. The summed E-state index contributed by atoms with van der Waals surface area (Å²) < 4.78 is 5.94. The van der Waals surface area contributed by atoms with Gasteiger partial charge in [-0.3, -0.25) is 0 Å². The Kier molecular flexibility index (Phi) is 3.70. The number of rotatable bonds is 3. The molecule has 0 aromatic carbocycles. The average Bonchev–Trinajstić information content (AvgIpc) is 2.93. The molecule has 2 nitrogen and oxygen atoms in total. The lowest BCUT2D eigenvalue weighted by Crippen LogP contribution is -2.37. The summed E-state index contributed by atoms with van der Waals surface area (Å²) in [6.45, 7) is 9.14. The monoisotopic (exact) mass is 275 g/mol. The Morgan fingerprint density at radius 1 is 1.35 bits per heavy atom. The van der Waals surface area contributed by atoms with Gasteiger partial charge in [0.2, 0.25) is 0 Å². The molecule has 1 fully saturated rings. The van der Waals surface area contributed by atoms with E-state index in [9.17, 15) is 0 Å². The highest BCUT2D eigenvalue weighted by molar-refractivity contribution is 5.29. The lowest BCUT2D eigenvalue weighted by Gasteiger charge is -2.36. The van der Waals surface area contributed by atoms with E-state index in [0.717, 1.165) is 18.1 Å². The SMILES string of the molecule is CCC1CCC(NC2CC(C)(C)Cc3oc(C)cc32)C1. The molecule has 2 heteroatoms. The summed E-state index contributed by atoms with van der Waals surface area (Å²) in [4.78, 5) is 0. The maximum absolute atomic E-state index is 5.94. The summed E-state index contributed by atoms with van der Waals surface area (Å²) in [7, 11) is 0. The minimum Gasteiger partial charge on any atom is -0.466 e. The maximum Gasteiger partial charge on any atom is 0.109 e. The van der Waals surface area contributed by atoms with Crippen LogP contribution in [0.4, 0.5) is 0 Å². The molecule has 0 radical (unpaired) electrons. The molecule has 1 aromatic rings. The molecule has 1 heterocycles. The first-order chi connectivity index (χ1) is 9.47. The standard InChI is InChI=1S/C18H29NO/c1-5-13-6-7-14(9-13)19-16-10-18(3,4)11-17-15(16)8-12(2)20-17/h8,13-14,16,19H,5-7,9-11H2,1-4H3. The fraction of sp³-hybridized carbons (Fsp3) is 0.778. The fourth-order valence-electron chi connectivity index (χ4n) is 4.21. The lowest BCUT2D eigenvalue weighted by molar-refractivity contribution is 0.223. The summed E-state index contributed by atoms with van der Waals surface area (Å²) in [5.74, 6) is 3.23. The van der Waals surface area contributed by atoms with E-state index in [1.165, 1.54) is 43.4 Å². The zero-order valence-corrected chi connectivity index (χ0v) is 13.5. The highest BCUT2D eigenvalue weighted by atomic mass is 16.3. The third kappa shape index (κ3) is 2.81. The van der Waals surface area contributed by atoms with Crippen LogP contribution in [0.5, 0.6) is 0 Å². The van der Waals surface area contributed by atoms with Crippen LogP contribution in [-0.2, 0) is 6.42 Å². The van der Waals surface area contributed by atoms with Gasteiger partial charge in [0, 0.05) is 24.1 Å². The Hall–Kier alpha value is -0.760. The van der Waals surface area contributed by atoms with E-state index in [1.807, 2.05) is 0 Å². The Balaban J connectivity index is 1.75. The summed E-state index contributed by atoms with van der Waals surface area (Å²) in [5.41, 5.74) is 1.78. The molecule has 3 unspecified atom stereocenters. The second-order valence-electron chi connectivity index (χ2n) is 7.78. The molecule has 3 atom stereocenters. The molecule has 1 saturated carbocycles. The van der Waals surface area contributed by atoms with Crippen LogP contribution in [0.2, 0.25) is 0 Å². The molecular weight excluding hydrogens is 246 g/mol. The normalized spacial score (nSPS) is 32.3. The van der Waals surface area contributed by atoms with E-state index < -0.39 is 0 Å². The molecule has 112 valence electrons. The topological polar surface area (TPSA) is 25.2 Å². The van der Waals surface area contributed by atoms with Crippen molar-refractivity contribution in [2.24, 2.45) is 11.3 Å². The molecule has 1 N–H and O–H groups in total. The van der Waals surface area contributed by atoms with Crippen LogP contribution < -0.4 is 5.32 Å². The van der Waals surface area contributed by atoms with E-state index in [-0.39, 0.29) is 0 Å². The number of nitrogens with one attached hydrogen (secondary N) is 1. The van der Waals surface area contributed by atoms with Gasteiger partial charge in [-0.1, -0.05) is 27.2 Å². The predicted molar refractivity (Wildman–Crippen MR) is 82.8 cm³/mol. The van der Waals surface area contributed by atoms with Crippen LogP contribution in [0.25, 0.3) is 0 Å². The number of furan rings is 1. The zero-order valence-electron chi connectivity index (χ0n) is 13.5. The molecule has 1 aromatic heterocycles. The summed E-state index contributed by atoms with van der Waals surface area (Å²) in [5, 5.41) is 3.95. The molecular formula is C18H29NO. The first-order valence-corrected chi connectivity index (χ1v) is 8.32. The molecule has 2 aliphatic carbocycles. The Morgan fingerprint density at radius 3 is 2.85 bits per heavy atom. The van der Waals surface area contributed by atoms with Gasteiger partial charge < -0.3 is 9.73 Å². The third-order valence-corrected chi connectivity index (χ3v) is 5.29. The molecule has 0 saturated heterocycles. The zero-order chi connectivity index (χ0) is 14.3. The van der Waals surface area contributed by atoms with Gasteiger partial charge in [-0.2, -0.15) is 0 Å². The second kappa shape index (κ2) is 5.22. The largest absolute Gasteiger partial charge is 0.466 e. The quantitative estimate of drug-likeness (QED) is 0.859. The van der Waals surface area contributed by atoms with Crippen molar-refractivity contribution in [2.75, 3.05) is 0 Å².